The smallest absolute Gasteiger partial charge is 0.227 e. The highest BCUT2D eigenvalue weighted by Gasteiger charge is 2.44. The van der Waals surface area contributed by atoms with Crippen LogP contribution in [0.5, 0.6) is 5.88 Å². The zero-order valence-corrected chi connectivity index (χ0v) is 14.9. The minimum Gasteiger partial charge on any atom is -0.472 e. The molecule has 2 aromatic heterocycles. The van der Waals surface area contributed by atoms with Crippen LogP contribution < -0.4 is 4.74 Å². The second kappa shape index (κ2) is 7.14. The summed E-state index contributed by atoms with van der Waals surface area (Å²) in [6.07, 6.45) is 4.91. The van der Waals surface area contributed by atoms with Gasteiger partial charge in [-0.3, -0.25) is 4.79 Å². The number of pyridine rings is 1. The van der Waals surface area contributed by atoms with Gasteiger partial charge in [0.2, 0.25) is 11.8 Å². The summed E-state index contributed by atoms with van der Waals surface area (Å²) in [6, 6.07) is 7.69. The predicted molar refractivity (Wildman–Crippen MR) is 95.8 cm³/mol. The van der Waals surface area contributed by atoms with E-state index in [1.54, 1.807) is 17.5 Å². The number of thiophene rings is 1. The average Bonchev–Trinajstić information content (AvgIpc) is 3.27. The Balaban J connectivity index is 1.29. The number of nitrogens with zero attached hydrogens (tertiary/aromatic N) is 2. The van der Waals surface area contributed by atoms with E-state index in [0.29, 0.717) is 18.9 Å². The number of hydrogen-bond acceptors (Lipinski definition) is 5. The summed E-state index contributed by atoms with van der Waals surface area (Å²) in [5.74, 6) is 0.865. The number of likely N-dealkylation sites (tertiary alicyclic amines) is 1. The minimum absolute atomic E-state index is 0.0444. The molecule has 132 valence electrons. The van der Waals surface area contributed by atoms with Gasteiger partial charge in [0.15, 0.2) is 0 Å². The van der Waals surface area contributed by atoms with Crippen LogP contribution in [0.25, 0.3) is 0 Å². The molecule has 4 rings (SSSR count). The fourth-order valence-electron chi connectivity index (χ4n) is 3.66. The van der Waals surface area contributed by atoms with Crippen LogP contribution in [0.3, 0.4) is 0 Å². The largest absolute Gasteiger partial charge is 0.472 e. The molecule has 4 heterocycles. The van der Waals surface area contributed by atoms with Gasteiger partial charge in [0.05, 0.1) is 18.6 Å². The Labute approximate surface area is 151 Å². The SMILES string of the molecule is O=C(Cc1ccsc1)N1CCC2(CC1)C[C@H](Oc1ccccn1)CO2. The van der Waals surface area contributed by atoms with E-state index in [-0.39, 0.29) is 17.6 Å². The highest BCUT2D eigenvalue weighted by atomic mass is 32.1. The van der Waals surface area contributed by atoms with Gasteiger partial charge in [-0.25, -0.2) is 4.98 Å². The third kappa shape index (κ3) is 3.85. The average molecular weight is 358 g/mol. The van der Waals surface area contributed by atoms with Crippen molar-refractivity contribution in [2.24, 2.45) is 0 Å². The van der Waals surface area contributed by atoms with Crippen molar-refractivity contribution in [3.63, 3.8) is 0 Å². The molecule has 0 unspecified atom stereocenters. The highest BCUT2D eigenvalue weighted by Crippen LogP contribution is 2.37. The molecule has 2 aromatic rings. The minimum atomic E-state index is -0.140. The standard InChI is InChI=1S/C19H22N2O3S/c22-18(11-15-4-10-25-14-15)21-8-5-19(6-9-21)12-16(13-23-19)24-17-3-1-2-7-20-17/h1-4,7,10,14,16H,5-6,8-9,11-13H2/t16-/m0/s1. The van der Waals surface area contributed by atoms with E-state index in [1.807, 2.05) is 39.9 Å². The Morgan fingerprint density at radius 2 is 2.24 bits per heavy atom. The Hall–Kier alpha value is -1.92. The summed E-state index contributed by atoms with van der Waals surface area (Å²) >= 11 is 1.63. The molecule has 0 saturated carbocycles. The number of hydrogen-bond donors (Lipinski definition) is 0. The molecular formula is C19H22N2O3S. The molecule has 2 aliphatic heterocycles. The second-order valence-corrected chi connectivity index (χ2v) is 7.58. The maximum Gasteiger partial charge on any atom is 0.227 e. The number of rotatable bonds is 4. The Morgan fingerprint density at radius 3 is 2.96 bits per heavy atom. The lowest BCUT2D eigenvalue weighted by Crippen LogP contribution is -2.47. The molecule has 0 radical (unpaired) electrons. The molecule has 0 aromatic carbocycles. The highest BCUT2D eigenvalue weighted by molar-refractivity contribution is 7.08. The van der Waals surface area contributed by atoms with E-state index in [4.69, 9.17) is 9.47 Å². The van der Waals surface area contributed by atoms with Crippen LogP contribution in [-0.4, -0.2) is 47.2 Å². The van der Waals surface area contributed by atoms with Crippen LogP contribution >= 0.6 is 11.3 Å². The first-order valence-electron chi connectivity index (χ1n) is 8.73. The van der Waals surface area contributed by atoms with Gasteiger partial charge < -0.3 is 14.4 Å². The first-order chi connectivity index (χ1) is 12.2. The summed E-state index contributed by atoms with van der Waals surface area (Å²) in [7, 11) is 0. The van der Waals surface area contributed by atoms with E-state index in [2.05, 4.69) is 4.98 Å². The van der Waals surface area contributed by atoms with E-state index in [0.717, 1.165) is 37.9 Å². The zero-order valence-electron chi connectivity index (χ0n) is 14.1. The lowest BCUT2D eigenvalue weighted by atomic mass is 9.88. The third-order valence-electron chi connectivity index (χ3n) is 5.06. The first-order valence-corrected chi connectivity index (χ1v) is 9.67. The van der Waals surface area contributed by atoms with Crippen molar-refractivity contribution in [1.29, 1.82) is 0 Å². The number of piperidine rings is 1. The lowest BCUT2D eigenvalue weighted by molar-refractivity contribution is -0.135. The number of carbonyl (C=O) groups is 1. The number of carbonyl (C=O) groups excluding carboxylic acids is 1. The fourth-order valence-corrected chi connectivity index (χ4v) is 4.33. The van der Waals surface area contributed by atoms with Crippen molar-refractivity contribution in [3.8, 4) is 5.88 Å². The normalized spacial score (nSPS) is 22.2. The molecule has 0 bridgehead atoms. The van der Waals surface area contributed by atoms with E-state index < -0.39 is 0 Å². The van der Waals surface area contributed by atoms with Gasteiger partial charge in [0.25, 0.3) is 0 Å². The fraction of sp³-hybridized carbons (Fsp3) is 0.474. The molecule has 1 spiro atoms. The van der Waals surface area contributed by atoms with Crippen molar-refractivity contribution in [2.75, 3.05) is 19.7 Å². The maximum absolute atomic E-state index is 12.4. The first kappa shape index (κ1) is 16.5. The molecular weight excluding hydrogens is 336 g/mol. The Morgan fingerprint density at radius 1 is 1.36 bits per heavy atom. The Bertz CT molecular complexity index is 697. The van der Waals surface area contributed by atoms with Gasteiger partial charge in [-0.05, 0) is 41.3 Å². The van der Waals surface area contributed by atoms with Gasteiger partial charge in [-0.15, -0.1) is 0 Å². The van der Waals surface area contributed by atoms with Gasteiger partial charge in [0, 0.05) is 31.8 Å². The van der Waals surface area contributed by atoms with E-state index in [1.165, 1.54) is 0 Å². The van der Waals surface area contributed by atoms with Crippen LogP contribution in [0, 0.1) is 0 Å². The number of ether oxygens (including phenoxy) is 2. The third-order valence-corrected chi connectivity index (χ3v) is 5.80. The molecule has 25 heavy (non-hydrogen) atoms. The van der Waals surface area contributed by atoms with Crippen LogP contribution in [0.4, 0.5) is 0 Å². The van der Waals surface area contributed by atoms with Crippen molar-refractivity contribution in [1.82, 2.24) is 9.88 Å². The van der Waals surface area contributed by atoms with Crippen molar-refractivity contribution >= 4 is 17.2 Å². The van der Waals surface area contributed by atoms with Gasteiger partial charge in [-0.2, -0.15) is 11.3 Å². The van der Waals surface area contributed by atoms with Crippen molar-refractivity contribution in [2.45, 2.75) is 37.4 Å². The summed E-state index contributed by atoms with van der Waals surface area (Å²) in [4.78, 5) is 18.6. The summed E-state index contributed by atoms with van der Waals surface area (Å²) < 4.78 is 12.0. The summed E-state index contributed by atoms with van der Waals surface area (Å²) in [6.45, 7) is 2.12. The van der Waals surface area contributed by atoms with Crippen LogP contribution in [0.15, 0.2) is 41.2 Å². The summed E-state index contributed by atoms with van der Waals surface area (Å²) in [5.41, 5.74) is 0.967. The topological polar surface area (TPSA) is 51.7 Å². The van der Waals surface area contributed by atoms with Crippen LogP contribution in [-0.2, 0) is 16.0 Å². The quantitative estimate of drug-likeness (QED) is 0.843. The molecule has 2 aliphatic rings. The Kier molecular flexibility index (Phi) is 4.72. The zero-order chi connectivity index (χ0) is 17.1. The molecule has 1 atom stereocenters. The van der Waals surface area contributed by atoms with Crippen molar-refractivity contribution in [3.05, 3.63) is 46.8 Å². The molecule has 0 N–H and O–H groups in total. The second-order valence-electron chi connectivity index (χ2n) is 6.80. The molecule has 6 heteroatoms. The molecule has 1 amide bonds. The van der Waals surface area contributed by atoms with E-state index in [9.17, 15) is 4.79 Å². The van der Waals surface area contributed by atoms with E-state index >= 15 is 0 Å². The monoisotopic (exact) mass is 358 g/mol. The lowest BCUT2D eigenvalue weighted by Gasteiger charge is -2.38. The molecule has 5 nitrogen and oxygen atoms in total. The number of amides is 1. The van der Waals surface area contributed by atoms with Crippen molar-refractivity contribution < 1.29 is 14.3 Å². The predicted octanol–water partition coefficient (Wildman–Crippen LogP) is 2.91. The molecule has 2 saturated heterocycles. The van der Waals surface area contributed by atoms with Gasteiger partial charge in [0.1, 0.15) is 6.10 Å². The van der Waals surface area contributed by atoms with Crippen LogP contribution in [0.2, 0.25) is 0 Å². The van der Waals surface area contributed by atoms with Gasteiger partial charge in [-0.1, -0.05) is 6.07 Å². The maximum atomic E-state index is 12.4. The number of aromatic nitrogens is 1. The van der Waals surface area contributed by atoms with Crippen LogP contribution in [0.1, 0.15) is 24.8 Å². The van der Waals surface area contributed by atoms with Gasteiger partial charge >= 0.3 is 0 Å². The molecule has 2 fully saturated rings. The molecule has 0 aliphatic carbocycles. The summed E-state index contributed by atoms with van der Waals surface area (Å²) in [5, 5.41) is 4.06.